The Bertz CT molecular complexity index is 783. The molecular weight excluding hydrogens is 302 g/mol. The fourth-order valence-corrected chi connectivity index (χ4v) is 2.83. The largest absolute Gasteiger partial charge is 0.449 e. The smallest absolute Gasteiger partial charge is 0.178 e. The van der Waals surface area contributed by atoms with E-state index >= 15 is 0 Å². The van der Waals surface area contributed by atoms with Crippen LogP contribution in [0.4, 0.5) is 0 Å². The van der Waals surface area contributed by atoms with Crippen LogP contribution in [-0.2, 0) is 6.42 Å². The van der Waals surface area contributed by atoms with E-state index in [1.807, 2.05) is 48.5 Å². The lowest BCUT2D eigenvalue weighted by molar-refractivity contribution is 0.589. The summed E-state index contributed by atoms with van der Waals surface area (Å²) in [6.45, 7) is 0. The second-order valence-corrected chi connectivity index (χ2v) is 5.00. The molecule has 0 aliphatic heterocycles. The summed E-state index contributed by atoms with van der Waals surface area (Å²) in [5.74, 6) is 0. The van der Waals surface area contributed by atoms with E-state index in [1.165, 1.54) is 0 Å². The zero-order chi connectivity index (χ0) is 13.2. The molecule has 0 fully saturated rings. The molecule has 0 N–H and O–H groups in total. The Morgan fingerprint density at radius 3 is 2.79 bits per heavy atom. The fourth-order valence-electron chi connectivity index (χ4n) is 2.21. The number of hydrogen-bond acceptors (Lipinski definition) is 2. The lowest BCUT2D eigenvalue weighted by atomic mass is 10.0. The molecule has 1 aromatic heterocycles. The minimum Gasteiger partial charge on any atom is -0.449 e. The Balaban J connectivity index is 2.22. The molecule has 0 aliphatic carbocycles. The van der Waals surface area contributed by atoms with Crippen LogP contribution in [0.1, 0.15) is 5.56 Å². The van der Waals surface area contributed by atoms with Gasteiger partial charge in [-0.15, -0.1) is 0 Å². The third-order valence-corrected chi connectivity index (χ3v) is 3.61. The molecule has 2 aromatic carbocycles. The van der Waals surface area contributed by atoms with Gasteiger partial charge in [-0.3, -0.25) is 0 Å². The van der Waals surface area contributed by atoms with Crippen molar-refractivity contribution in [2.24, 2.45) is 0 Å². The lowest BCUT2D eigenvalue weighted by Gasteiger charge is -2.02. The van der Waals surface area contributed by atoms with Crippen molar-refractivity contribution in [3.05, 3.63) is 58.8 Å². The number of fused-ring (bicyclic) bond motifs is 1. The Morgan fingerprint density at radius 1 is 1.11 bits per heavy atom. The van der Waals surface area contributed by atoms with E-state index < -0.39 is 0 Å². The first kappa shape index (κ1) is 12.0. The van der Waals surface area contributed by atoms with Crippen molar-refractivity contribution in [3.63, 3.8) is 0 Å². The second-order valence-electron chi connectivity index (χ2n) is 4.28. The highest BCUT2D eigenvalue weighted by Gasteiger charge is 2.13. The van der Waals surface area contributed by atoms with Gasteiger partial charge >= 0.3 is 0 Å². The quantitative estimate of drug-likeness (QED) is 0.673. The maximum absolute atomic E-state index is 8.79. The molecule has 3 heteroatoms. The Morgan fingerprint density at radius 2 is 1.95 bits per heavy atom. The predicted octanol–water partition coefficient (Wildman–Crippen LogP) is 4.93. The van der Waals surface area contributed by atoms with E-state index in [-0.39, 0.29) is 0 Å². The molecule has 0 aliphatic rings. The molecule has 0 spiro atoms. The average molecular weight is 312 g/mol. The van der Waals surface area contributed by atoms with E-state index in [1.54, 1.807) is 0 Å². The number of para-hydroxylation sites is 1. The van der Waals surface area contributed by atoms with Crippen molar-refractivity contribution in [2.45, 2.75) is 6.42 Å². The van der Waals surface area contributed by atoms with Gasteiger partial charge in [0, 0.05) is 10.9 Å². The zero-order valence-electron chi connectivity index (χ0n) is 10.1. The maximum Gasteiger partial charge on any atom is 0.178 e. The molecule has 3 rings (SSSR count). The van der Waals surface area contributed by atoms with Crippen LogP contribution in [0, 0.1) is 11.3 Å². The van der Waals surface area contributed by atoms with Crippen molar-refractivity contribution in [2.75, 3.05) is 0 Å². The molecule has 0 radical (unpaired) electrons. The first-order chi connectivity index (χ1) is 9.29. The second kappa shape index (κ2) is 4.91. The first-order valence-corrected chi connectivity index (χ1v) is 6.72. The van der Waals surface area contributed by atoms with E-state index in [9.17, 15) is 0 Å². The molecule has 0 saturated heterocycles. The van der Waals surface area contributed by atoms with E-state index in [2.05, 4.69) is 22.0 Å². The molecule has 19 heavy (non-hydrogen) atoms. The summed E-state index contributed by atoms with van der Waals surface area (Å²) in [5, 5.41) is 9.86. The third kappa shape index (κ3) is 2.16. The zero-order valence-corrected chi connectivity index (χ0v) is 11.6. The van der Waals surface area contributed by atoms with Crippen LogP contribution in [0.15, 0.2) is 57.6 Å². The number of nitriles is 1. The molecule has 0 bridgehead atoms. The number of benzene rings is 2. The van der Waals surface area contributed by atoms with Gasteiger partial charge in [0.1, 0.15) is 5.58 Å². The van der Waals surface area contributed by atoms with Crippen molar-refractivity contribution in [3.8, 4) is 17.2 Å². The van der Waals surface area contributed by atoms with Gasteiger partial charge in [0.15, 0.2) is 4.67 Å². The fraction of sp³-hybridized carbons (Fsp3) is 0.0625. The summed E-state index contributed by atoms with van der Waals surface area (Å²) < 4.78 is 6.43. The van der Waals surface area contributed by atoms with Gasteiger partial charge in [0.2, 0.25) is 0 Å². The molecule has 92 valence electrons. The maximum atomic E-state index is 8.79. The van der Waals surface area contributed by atoms with Gasteiger partial charge in [-0.05, 0) is 39.2 Å². The van der Waals surface area contributed by atoms with Crippen LogP contribution in [0.25, 0.3) is 22.1 Å². The SMILES string of the molecule is N#CCc1cccc(-c2c(Br)oc3ccccc23)c1. The van der Waals surface area contributed by atoms with Crippen LogP contribution in [0.3, 0.4) is 0 Å². The van der Waals surface area contributed by atoms with Gasteiger partial charge in [-0.25, -0.2) is 0 Å². The predicted molar refractivity (Wildman–Crippen MR) is 78.7 cm³/mol. The van der Waals surface area contributed by atoms with Crippen LogP contribution in [-0.4, -0.2) is 0 Å². The summed E-state index contributed by atoms with van der Waals surface area (Å²) in [5.41, 5.74) is 3.97. The topological polar surface area (TPSA) is 36.9 Å². The number of halogens is 1. The van der Waals surface area contributed by atoms with Crippen LogP contribution >= 0.6 is 15.9 Å². The lowest BCUT2D eigenvalue weighted by Crippen LogP contribution is -1.83. The van der Waals surface area contributed by atoms with Crippen molar-refractivity contribution in [1.82, 2.24) is 0 Å². The molecule has 1 heterocycles. The number of furan rings is 1. The van der Waals surface area contributed by atoms with Gasteiger partial charge in [-0.2, -0.15) is 5.26 Å². The summed E-state index contributed by atoms with van der Waals surface area (Å²) in [4.78, 5) is 0. The van der Waals surface area contributed by atoms with E-state index in [0.717, 1.165) is 32.3 Å². The third-order valence-electron chi connectivity index (χ3n) is 3.05. The first-order valence-electron chi connectivity index (χ1n) is 5.93. The van der Waals surface area contributed by atoms with Gasteiger partial charge < -0.3 is 4.42 Å². The van der Waals surface area contributed by atoms with Crippen molar-refractivity contribution in [1.29, 1.82) is 5.26 Å². The highest BCUT2D eigenvalue weighted by atomic mass is 79.9. The monoisotopic (exact) mass is 311 g/mol. The van der Waals surface area contributed by atoms with Crippen LogP contribution in [0.2, 0.25) is 0 Å². The average Bonchev–Trinajstić information content (AvgIpc) is 2.75. The van der Waals surface area contributed by atoms with E-state index in [4.69, 9.17) is 9.68 Å². The highest BCUT2D eigenvalue weighted by molar-refractivity contribution is 9.10. The summed E-state index contributed by atoms with van der Waals surface area (Å²) in [7, 11) is 0. The Hall–Kier alpha value is -2.05. The summed E-state index contributed by atoms with van der Waals surface area (Å²) in [6.07, 6.45) is 0.418. The molecule has 0 atom stereocenters. The molecule has 0 saturated carbocycles. The molecule has 0 amide bonds. The Labute approximate surface area is 119 Å². The van der Waals surface area contributed by atoms with Gasteiger partial charge in [0.25, 0.3) is 0 Å². The van der Waals surface area contributed by atoms with Crippen molar-refractivity contribution < 1.29 is 4.42 Å². The minimum atomic E-state index is 0.418. The number of hydrogen-bond donors (Lipinski definition) is 0. The van der Waals surface area contributed by atoms with Crippen LogP contribution < -0.4 is 0 Å². The van der Waals surface area contributed by atoms with Gasteiger partial charge in [0.05, 0.1) is 12.5 Å². The molecular formula is C16H10BrNO. The van der Waals surface area contributed by atoms with Crippen molar-refractivity contribution >= 4 is 26.9 Å². The van der Waals surface area contributed by atoms with Gasteiger partial charge in [-0.1, -0.05) is 36.4 Å². The normalized spacial score (nSPS) is 10.5. The van der Waals surface area contributed by atoms with Crippen LogP contribution in [0.5, 0.6) is 0 Å². The highest BCUT2D eigenvalue weighted by Crippen LogP contribution is 2.38. The standard InChI is InChI=1S/C16H10BrNO/c17-16-15(13-6-1-2-7-14(13)19-16)12-5-3-4-11(10-12)8-9-18/h1-7,10H,8H2. The number of nitrogens with zero attached hydrogens (tertiary/aromatic N) is 1. The number of rotatable bonds is 2. The molecule has 3 aromatic rings. The summed E-state index contributed by atoms with van der Waals surface area (Å²) in [6, 6.07) is 18.1. The minimum absolute atomic E-state index is 0.418. The Kier molecular flexibility index (Phi) is 3.10. The summed E-state index contributed by atoms with van der Waals surface area (Å²) >= 11 is 3.48. The molecule has 2 nitrogen and oxygen atoms in total. The molecule has 0 unspecified atom stereocenters. The van der Waals surface area contributed by atoms with E-state index in [0.29, 0.717) is 6.42 Å².